The first kappa shape index (κ1) is 23.4. The van der Waals surface area contributed by atoms with E-state index >= 15 is 0 Å². The maximum atomic E-state index is 12.8. The molecular weight excluding hydrogens is 454 g/mol. The number of nitrogens with one attached hydrogen (secondary N) is 1. The van der Waals surface area contributed by atoms with Crippen LogP contribution in [0.15, 0.2) is 59.9 Å². The van der Waals surface area contributed by atoms with Gasteiger partial charge in [-0.1, -0.05) is 41.4 Å². The Bertz CT molecular complexity index is 1260. The second kappa shape index (κ2) is 9.88. The monoisotopic (exact) mass is 473 g/mol. The molecule has 0 saturated carbocycles. The number of hydrogen-bond donors (Lipinski definition) is 1. The summed E-state index contributed by atoms with van der Waals surface area (Å²) in [7, 11) is -3.91. The number of sulfone groups is 1. The molecule has 8 nitrogen and oxygen atoms in total. The number of anilines is 1. The summed E-state index contributed by atoms with van der Waals surface area (Å²) in [5.74, 6) is -1.51. The van der Waals surface area contributed by atoms with Crippen molar-refractivity contribution in [3.05, 3.63) is 82.1 Å². The first-order valence-electron chi connectivity index (χ1n) is 9.59. The summed E-state index contributed by atoms with van der Waals surface area (Å²) in [6, 6.07) is 13.1. The molecule has 0 unspecified atom stereocenters. The van der Waals surface area contributed by atoms with E-state index in [1.807, 2.05) is 13.0 Å². The zero-order valence-electron chi connectivity index (χ0n) is 17.3. The van der Waals surface area contributed by atoms with Gasteiger partial charge >= 0.3 is 5.97 Å². The highest BCUT2D eigenvalue weighted by Gasteiger charge is 2.23. The van der Waals surface area contributed by atoms with Gasteiger partial charge in [0, 0.05) is 5.69 Å². The van der Waals surface area contributed by atoms with Crippen molar-refractivity contribution in [3.8, 4) is 0 Å². The summed E-state index contributed by atoms with van der Waals surface area (Å²) in [5.41, 5.74) is 1.91. The van der Waals surface area contributed by atoms with Gasteiger partial charge in [-0.3, -0.25) is 4.79 Å². The van der Waals surface area contributed by atoms with E-state index in [0.29, 0.717) is 16.8 Å². The minimum Gasteiger partial charge on any atom is -0.462 e. The van der Waals surface area contributed by atoms with E-state index in [0.717, 1.165) is 11.8 Å². The quantitative estimate of drug-likeness (QED) is 0.409. The van der Waals surface area contributed by atoms with E-state index < -0.39 is 26.9 Å². The number of ether oxygens (including phenoxy) is 1. The molecule has 0 aliphatic rings. The van der Waals surface area contributed by atoms with Gasteiger partial charge in [0.25, 0.3) is 5.91 Å². The molecule has 2 aromatic carbocycles. The van der Waals surface area contributed by atoms with E-state index in [9.17, 15) is 18.0 Å². The molecule has 3 rings (SSSR count). The number of rotatable bonds is 7. The third kappa shape index (κ3) is 5.68. The summed E-state index contributed by atoms with van der Waals surface area (Å²) in [6.07, 6.45) is 1.08. The van der Waals surface area contributed by atoms with E-state index in [1.165, 1.54) is 24.3 Å². The van der Waals surface area contributed by atoms with Crippen molar-refractivity contribution < 1.29 is 22.7 Å². The fraction of sp³-hybridized carbons (Fsp3) is 0.182. The maximum absolute atomic E-state index is 12.8. The molecule has 0 bridgehead atoms. The van der Waals surface area contributed by atoms with Crippen molar-refractivity contribution in [1.82, 2.24) is 9.97 Å². The molecule has 0 spiro atoms. The van der Waals surface area contributed by atoms with Crippen LogP contribution >= 0.6 is 11.6 Å². The number of carbonyl (C=O) groups excluding carboxylic acids is 2. The fourth-order valence-corrected chi connectivity index (χ4v) is 4.21. The minimum absolute atomic E-state index is 0.0971. The molecule has 0 fully saturated rings. The molecule has 1 aromatic heterocycles. The Kier molecular flexibility index (Phi) is 7.22. The van der Waals surface area contributed by atoms with E-state index in [1.54, 1.807) is 25.1 Å². The molecule has 3 aromatic rings. The summed E-state index contributed by atoms with van der Waals surface area (Å²) in [4.78, 5) is 32.1. The molecule has 1 amide bonds. The number of esters is 1. The third-order valence-electron chi connectivity index (χ3n) is 4.31. The summed E-state index contributed by atoms with van der Waals surface area (Å²) in [5, 5.41) is 1.98. The van der Waals surface area contributed by atoms with Gasteiger partial charge in [0.15, 0.2) is 5.69 Å². The van der Waals surface area contributed by atoms with Crippen LogP contribution in [0.1, 0.15) is 38.9 Å². The van der Waals surface area contributed by atoms with Gasteiger partial charge in [-0.05, 0) is 43.7 Å². The Morgan fingerprint density at radius 2 is 1.84 bits per heavy atom. The summed E-state index contributed by atoms with van der Waals surface area (Å²) >= 11 is 6.05. The van der Waals surface area contributed by atoms with Crippen LogP contribution in [0.25, 0.3) is 0 Å². The Morgan fingerprint density at radius 3 is 2.50 bits per heavy atom. The fourth-order valence-electron chi connectivity index (χ4n) is 2.84. The molecule has 0 atom stereocenters. The zero-order valence-corrected chi connectivity index (χ0v) is 18.9. The second-order valence-electron chi connectivity index (χ2n) is 6.85. The van der Waals surface area contributed by atoms with Gasteiger partial charge in [-0.15, -0.1) is 0 Å². The van der Waals surface area contributed by atoms with Crippen molar-refractivity contribution in [1.29, 1.82) is 0 Å². The largest absolute Gasteiger partial charge is 0.462 e. The molecule has 0 aliphatic carbocycles. The van der Waals surface area contributed by atoms with Crippen molar-refractivity contribution in [2.45, 2.75) is 24.8 Å². The van der Waals surface area contributed by atoms with Crippen molar-refractivity contribution in [2.75, 3.05) is 11.9 Å². The number of hydrogen-bond acceptors (Lipinski definition) is 7. The van der Waals surface area contributed by atoms with E-state index in [-0.39, 0.29) is 23.1 Å². The normalized spacial score (nSPS) is 11.1. The third-order valence-corrected chi connectivity index (χ3v) is 6.05. The Balaban J connectivity index is 1.80. The molecule has 0 radical (unpaired) electrons. The van der Waals surface area contributed by atoms with Gasteiger partial charge in [0.05, 0.1) is 29.1 Å². The number of amides is 1. The number of aromatic nitrogens is 2. The lowest BCUT2D eigenvalue weighted by Crippen LogP contribution is -2.18. The standard InChI is InChI=1S/C22H20ClN3O5S/c1-3-31-21(28)16-7-9-17(10-8-16)25-20(27)19-18(23)12-24-22(26-19)32(29,30)13-15-6-4-5-14(2)11-15/h4-12H,3,13H2,1-2H3,(H,25,27). The van der Waals surface area contributed by atoms with Gasteiger partial charge in [-0.2, -0.15) is 0 Å². The highest BCUT2D eigenvalue weighted by Crippen LogP contribution is 2.20. The van der Waals surface area contributed by atoms with Crippen LogP contribution in [0.2, 0.25) is 5.02 Å². The van der Waals surface area contributed by atoms with Crippen molar-refractivity contribution in [2.24, 2.45) is 0 Å². The summed E-state index contributed by atoms with van der Waals surface area (Å²) in [6.45, 7) is 3.81. The minimum atomic E-state index is -3.91. The molecule has 1 heterocycles. The molecule has 10 heteroatoms. The maximum Gasteiger partial charge on any atom is 0.338 e. The Hall–Kier alpha value is -3.30. The summed E-state index contributed by atoms with van der Waals surface area (Å²) < 4.78 is 30.4. The average Bonchev–Trinajstić information content (AvgIpc) is 2.74. The molecule has 0 saturated heterocycles. The first-order chi connectivity index (χ1) is 15.2. The molecule has 0 aliphatic heterocycles. The predicted octanol–water partition coefficient (Wildman–Crippen LogP) is 3.84. The number of nitrogens with zero attached hydrogens (tertiary/aromatic N) is 2. The SMILES string of the molecule is CCOC(=O)c1ccc(NC(=O)c2nc(S(=O)(=O)Cc3cccc(C)c3)ncc2Cl)cc1. The highest BCUT2D eigenvalue weighted by molar-refractivity contribution is 7.90. The molecule has 166 valence electrons. The van der Waals surface area contributed by atoms with Gasteiger partial charge in [0.1, 0.15) is 0 Å². The van der Waals surface area contributed by atoms with Gasteiger partial charge in [-0.25, -0.2) is 23.2 Å². The van der Waals surface area contributed by atoms with Gasteiger partial charge < -0.3 is 10.1 Å². The molecule has 1 N–H and O–H groups in total. The number of halogens is 1. The first-order valence-corrected chi connectivity index (χ1v) is 11.6. The van der Waals surface area contributed by atoms with Crippen LogP contribution in [0, 0.1) is 6.92 Å². The van der Waals surface area contributed by atoms with Crippen molar-refractivity contribution in [3.63, 3.8) is 0 Å². The lowest BCUT2D eigenvalue weighted by atomic mass is 10.2. The highest BCUT2D eigenvalue weighted by atomic mass is 35.5. The van der Waals surface area contributed by atoms with Crippen LogP contribution in [0.3, 0.4) is 0 Å². The lowest BCUT2D eigenvalue weighted by Gasteiger charge is -2.09. The van der Waals surface area contributed by atoms with Crippen LogP contribution in [-0.2, 0) is 20.3 Å². The topological polar surface area (TPSA) is 115 Å². The second-order valence-corrected chi connectivity index (χ2v) is 9.14. The number of carbonyl (C=O) groups is 2. The average molecular weight is 474 g/mol. The zero-order chi connectivity index (χ0) is 23.3. The smallest absolute Gasteiger partial charge is 0.338 e. The lowest BCUT2D eigenvalue weighted by molar-refractivity contribution is 0.0526. The molecular formula is C22H20ClN3O5S. The molecule has 32 heavy (non-hydrogen) atoms. The van der Waals surface area contributed by atoms with Crippen LogP contribution in [0.5, 0.6) is 0 Å². The van der Waals surface area contributed by atoms with E-state index in [2.05, 4.69) is 15.3 Å². The number of aryl methyl sites for hydroxylation is 1. The van der Waals surface area contributed by atoms with Crippen molar-refractivity contribution >= 4 is 39.0 Å². The Labute approximate surface area is 190 Å². The van der Waals surface area contributed by atoms with Crippen LogP contribution < -0.4 is 5.32 Å². The van der Waals surface area contributed by atoms with E-state index in [4.69, 9.17) is 16.3 Å². The predicted molar refractivity (Wildman–Crippen MR) is 119 cm³/mol. The van der Waals surface area contributed by atoms with Crippen LogP contribution in [-0.4, -0.2) is 36.9 Å². The number of benzene rings is 2. The van der Waals surface area contributed by atoms with Gasteiger partial charge in [0.2, 0.25) is 15.0 Å². The Morgan fingerprint density at radius 1 is 1.12 bits per heavy atom. The van der Waals surface area contributed by atoms with Crippen LogP contribution in [0.4, 0.5) is 5.69 Å².